The summed E-state index contributed by atoms with van der Waals surface area (Å²) in [6.07, 6.45) is 3.81. The minimum atomic E-state index is 0.0873. The fraction of sp³-hybridized carbons (Fsp3) is 0.471. The van der Waals surface area contributed by atoms with Gasteiger partial charge in [0.25, 0.3) is 5.91 Å². The predicted octanol–water partition coefficient (Wildman–Crippen LogP) is 2.85. The number of aliphatic hydroxyl groups excluding tert-OH is 1. The van der Waals surface area contributed by atoms with Crippen molar-refractivity contribution in [2.75, 3.05) is 13.2 Å². The molecule has 2 aromatic rings. The first-order valence-corrected chi connectivity index (χ1v) is 7.70. The zero-order valence-corrected chi connectivity index (χ0v) is 12.4. The lowest BCUT2D eigenvalue weighted by atomic mass is 10.2. The molecule has 0 radical (unpaired) electrons. The number of aromatic nitrogens is 1. The number of fused-ring (bicyclic) bond motifs is 1. The standard InChI is InChI=1S/C17H22N2O2/c1-12-4-5-13-11-16(18-15(13)10-12)17(21)19(14-6-7-14)8-2-3-9-20/h4-5,10-11,14,18,20H,2-3,6-9H2,1H3. The number of carbonyl (C=O) groups is 1. The highest BCUT2D eigenvalue weighted by Gasteiger charge is 2.33. The number of aromatic amines is 1. The molecule has 1 saturated carbocycles. The van der Waals surface area contributed by atoms with Crippen LogP contribution in [0, 0.1) is 6.92 Å². The lowest BCUT2D eigenvalue weighted by Gasteiger charge is -2.21. The van der Waals surface area contributed by atoms with E-state index in [2.05, 4.69) is 17.1 Å². The number of aryl methyl sites for hydroxylation is 1. The molecule has 112 valence electrons. The Hall–Kier alpha value is -1.81. The summed E-state index contributed by atoms with van der Waals surface area (Å²) in [5.41, 5.74) is 2.88. The number of nitrogens with one attached hydrogen (secondary N) is 1. The van der Waals surface area contributed by atoms with Crippen molar-refractivity contribution in [2.24, 2.45) is 0 Å². The number of unbranched alkanes of at least 4 members (excludes halogenated alkanes) is 1. The van der Waals surface area contributed by atoms with E-state index in [1.807, 2.05) is 24.0 Å². The van der Waals surface area contributed by atoms with Crippen LogP contribution in [0.25, 0.3) is 10.9 Å². The lowest BCUT2D eigenvalue weighted by Crippen LogP contribution is -2.34. The molecule has 0 bridgehead atoms. The Bertz CT molecular complexity index is 643. The van der Waals surface area contributed by atoms with Crippen LogP contribution in [0.5, 0.6) is 0 Å². The molecule has 2 N–H and O–H groups in total. The largest absolute Gasteiger partial charge is 0.396 e. The molecule has 21 heavy (non-hydrogen) atoms. The zero-order chi connectivity index (χ0) is 14.8. The van der Waals surface area contributed by atoms with E-state index in [1.54, 1.807) is 0 Å². The van der Waals surface area contributed by atoms with Gasteiger partial charge in [-0.1, -0.05) is 12.1 Å². The Morgan fingerprint density at radius 1 is 1.33 bits per heavy atom. The second-order valence-corrected chi connectivity index (χ2v) is 5.93. The summed E-state index contributed by atoms with van der Waals surface area (Å²) >= 11 is 0. The van der Waals surface area contributed by atoms with Gasteiger partial charge in [-0.3, -0.25) is 4.79 Å². The van der Waals surface area contributed by atoms with Gasteiger partial charge in [-0.15, -0.1) is 0 Å². The van der Waals surface area contributed by atoms with Crippen LogP contribution >= 0.6 is 0 Å². The molecule has 1 aliphatic carbocycles. The normalized spacial score (nSPS) is 14.6. The van der Waals surface area contributed by atoms with Crippen molar-refractivity contribution in [3.8, 4) is 0 Å². The van der Waals surface area contributed by atoms with Crippen LogP contribution in [0.2, 0.25) is 0 Å². The molecule has 0 spiro atoms. The number of nitrogens with zero attached hydrogens (tertiary/aromatic N) is 1. The Labute approximate surface area is 124 Å². The quantitative estimate of drug-likeness (QED) is 0.802. The Kier molecular flexibility index (Phi) is 3.97. The molecular weight excluding hydrogens is 264 g/mol. The van der Waals surface area contributed by atoms with Gasteiger partial charge in [0.05, 0.1) is 0 Å². The van der Waals surface area contributed by atoms with Crippen molar-refractivity contribution in [1.29, 1.82) is 0 Å². The molecule has 1 aromatic carbocycles. The Balaban J connectivity index is 1.80. The van der Waals surface area contributed by atoms with Crippen molar-refractivity contribution in [3.63, 3.8) is 0 Å². The Morgan fingerprint density at radius 2 is 2.14 bits per heavy atom. The smallest absolute Gasteiger partial charge is 0.270 e. The van der Waals surface area contributed by atoms with Crippen LogP contribution in [0.3, 0.4) is 0 Å². The summed E-state index contributed by atoms with van der Waals surface area (Å²) in [5, 5.41) is 9.98. The van der Waals surface area contributed by atoms with Gasteiger partial charge in [0, 0.05) is 30.1 Å². The first-order valence-electron chi connectivity index (χ1n) is 7.70. The van der Waals surface area contributed by atoms with E-state index in [0.29, 0.717) is 11.7 Å². The number of rotatable bonds is 6. The molecule has 1 heterocycles. The predicted molar refractivity (Wildman–Crippen MR) is 83.4 cm³/mol. The van der Waals surface area contributed by atoms with Gasteiger partial charge >= 0.3 is 0 Å². The van der Waals surface area contributed by atoms with Crippen LogP contribution in [0.4, 0.5) is 0 Å². The van der Waals surface area contributed by atoms with Crippen molar-refractivity contribution >= 4 is 16.8 Å². The molecule has 0 saturated heterocycles. The number of hydrogen-bond acceptors (Lipinski definition) is 2. The number of hydrogen-bond donors (Lipinski definition) is 2. The van der Waals surface area contributed by atoms with Crippen molar-refractivity contribution < 1.29 is 9.90 Å². The van der Waals surface area contributed by atoms with Gasteiger partial charge < -0.3 is 15.0 Å². The van der Waals surface area contributed by atoms with E-state index in [1.165, 1.54) is 5.56 Å². The Morgan fingerprint density at radius 3 is 2.86 bits per heavy atom. The van der Waals surface area contributed by atoms with Crippen LogP contribution in [-0.2, 0) is 0 Å². The lowest BCUT2D eigenvalue weighted by molar-refractivity contribution is 0.0732. The molecule has 4 heteroatoms. The summed E-state index contributed by atoms with van der Waals surface area (Å²) in [4.78, 5) is 17.9. The van der Waals surface area contributed by atoms with E-state index in [9.17, 15) is 4.79 Å². The van der Waals surface area contributed by atoms with Gasteiger partial charge in [-0.05, 0) is 50.3 Å². The average molecular weight is 286 g/mol. The van der Waals surface area contributed by atoms with Crippen molar-refractivity contribution in [2.45, 2.75) is 38.6 Å². The molecular formula is C17H22N2O2. The number of benzene rings is 1. The zero-order valence-electron chi connectivity index (χ0n) is 12.4. The molecule has 0 atom stereocenters. The van der Waals surface area contributed by atoms with E-state index >= 15 is 0 Å². The highest BCUT2D eigenvalue weighted by Crippen LogP contribution is 2.29. The molecule has 3 rings (SSSR count). The molecule has 0 unspecified atom stereocenters. The third-order valence-corrected chi connectivity index (χ3v) is 4.06. The highest BCUT2D eigenvalue weighted by molar-refractivity contribution is 5.98. The topological polar surface area (TPSA) is 56.3 Å². The number of carbonyl (C=O) groups excluding carboxylic acids is 1. The molecule has 0 aliphatic heterocycles. The second kappa shape index (κ2) is 5.90. The van der Waals surface area contributed by atoms with Crippen LogP contribution in [-0.4, -0.2) is 40.1 Å². The maximum atomic E-state index is 12.7. The van der Waals surface area contributed by atoms with Gasteiger partial charge in [0.2, 0.25) is 0 Å². The number of amides is 1. The average Bonchev–Trinajstić information content (AvgIpc) is 3.22. The number of H-pyrrole nitrogens is 1. The summed E-state index contributed by atoms with van der Waals surface area (Å²) in [6.45, 7) is 2.98. The van der Waals surface area contributed by atoms with Gasteiger partial charge in [0.15, 0.2) is 0 Å². The first kappa shape index (κ1) is 14.1. The van der Waals surface area contributed by atoms with Gasteiger partial charge in [0.1, 0.15) is 5.69 Å². The summed E-state index contributed by atoms with van der Waals surface area (Å²) < 4.78 is 0. The molecule has 4 nitrogen and oxygen atoms in total. The first-order chi connectivity index (χ1) is 10.2. The summed E-state index contributed by atoms with van der Waals surface area (Å²) in [6, 6.07) is 8.51. The summed E-state index contributed by atoms with van der Waals surface area (Å²) in [7, 11) is 0. The minimum absolute atomic E-state index is 0.0873. The van der Waals surface area contributed by atoms with Gasteiger partial charge in [-0.2, -0.15) is 0 Å². The van der Waals surface area contributed by atoms with Gasteiger partial charge in [-0.25, -0.2) is 0 Å². The highest BCUT2D eigenvalue weighted by atomic mass is 16.3. The van der Waals surface area contributed by atoms with Crippen molar-refractivity contribution in [3.05, 3.63) is 35.5 Å². The van der Waals surface area contributed by atoms with E-state index in [4.69, 9.17) is 5.11 Å². The molecule has 1 aromatic heterocycles. The second-order valence-electron chi connectivity index (χ2n) is 5.93. The van der Waals surface area contributed by atoms with E-state index in [-0.39, 0.29) is 12.5 Å². The third kappa shape index (κ3) is 3.10. The number of aliphatic hydroxyl groups is 1. The van der Waals surface area contributed by atoms with Crippen LogP contribution in [0.15, 0.2) is 24.3 Å². The SMILES string of the molecule is Cc1ccc2cc(C(=O)N(CCCCO)C3CC3)[nH]c2c1. The monoisotopic (exact) mass is 286 g/mol. The molecule has 1 amide bonds. The molecule has 1 fully saturated rings. The summed E-state index contributed by atoms with van der Waals surface area (Å²) in [5.74, 6) is 0.0873. The van der Waals surface area contributed by atoms with Crippen LogP contribution < -0.4 is 0 Å². The third-order valence-electron chi connectivity index (χ3n) is 4.06. The maximum Gasteiger partial charge on any atom is 0.270 e. The van der Waals surface area contributed by atoms with Crippen LogP contribution in [0.1, 0.15) is 41.7 Å². The van der Waals surface area contributed by atoms with E-state index < -0.39 is 0 Å². The maximum absolute atomic E-state index is 12.7. The van der Waals surface area contributed by atoms with E-state index in [0.717, 1.165) is 43.1 Å². The fourth-order valence-corrected chi connectivity index (χ4v) is 2.74. The van der Waals surface area contributed by atoms with Crippen molar-refractivity contribution in [1.82, 2.24) is 9.88 Å². The fourth-order valence-electron chi connectivity index (χ4n) is 2.74. The minimum Gasteiger partial charge on any atom is -0.396 e. The molecule has 1 aliphatic rings.